The standard InChI is InChI=1S/C25H28ClN5O4S2/c1-17-19(18-5-4-10-27-15-18)6-3-7-22(17)37(34,35)29-20(25(33)31-13-11-30(2)12-14-31)16-28-24(32)21-8-9-23(26)36-21/h3-10,15,20,29H,11-14,16H2,1-2H3,(H,28,32)/t20-/m0/s1. The van der Waals surface area contributed by atoms with Crippen molar-refractivity contribution in [2.24, 2.45) is 0 Å². The third kappa shape index (κ3) is 6.55. The highest BCUT2D eigenvalue weighted by Gasteiger charge is 2.32. The van der Waals surface area contributed by atoms with Gasteiger partial charge in [-0.1, -0.05) is 29.8 Å². The molecule has 2 aromatic heterocycles. The molecule has 4 rings (SSSR count). The largest absolute Gasteiger partial charge is 0.349 e. The van der Waals surface area contributed by atoms with Gasteiger partial charge < -0.3 is 15.1 Å². The fourth-order valence-corrected chi connectivity index (χ4v) is 6.55. The normalized spacial score (nSPS) is 15.4. The maximum Gasteiger partial charge on any atom is 0.261 e. The highest BCUT2D eigenvalue weighted by molar-refractivity contribution is 7.89. The number of halogens is 1. The van der Waals surface area contributed by atoms with Gasteiger partial charge in [-0.05, 0) is 49.4 Å². The van der Waals surface area contributed by atoms with E-state index in [1.165, 1.54) is 6.07 Å². The van der Waals surface area contributed by atoms with Gasteiger partial charge in [0.15, 0.2) is 0 Å². The summed E-state index contributed by atoms with van der Waals surface area (Å²) in [5.74, 6) is -0.815. The van der Waals surface area contributed by atoms with Gasteiger partial charge in [0.1, 0.15) is 6.04 Å². The van der Waals surface area contributed by atoms with E-state index in [1.54, 1.807) is 48.5 Å². The molecule has 12 heteroatoms. The summed E-state index contributed by atoms with van der Waals surface area (Å²) in [5.41, 5.74) is 2.04. The molecule has 196 valence electrons. The number of nitrogens with zero attached hydrogens (tertiary/aromatic N) is 3. The molecule has 1 fully saturated rings. The molecule has 0 saturated carbocycles. The highest BCUT2D eigenvalue weighted by Crippen LogP contribution is 2.28. The Hall–Kier alpha value is -2.83. The molecule has 2 amide bonds. The van der Waals surface area contributed by atoms with Crippen molar-refractivity contribution in [3.63, 3.8) is 0 Å². The number of hydrogen-bond donors (Lipinski definition) is 2. The van der Waals surface area contributed by atoms with E-state index in [-0.39, 0.29) is 17.3 Å². The lowest BCUT2D eigenvalue weighted by Gasteiger charge is -2.34. The van der Waals surface area contributed by atoms with Crippen LogP contribution in [0.3, 0.4) is 0 Å². The molecule has 1 aromatic carbocycles. The van der Waals surface area contributed by atoms with Gasteiger partial charge in [-0.3, -0.25) is 14.6 Å². The first-order valence-electron chi connectivity index (χ1n) is 11.7. The Morgan fingerprint density at radius 3 is 2.51 bits per heavy atom. The van der Waals surface area contributed by atoms with E-state index in [9.17, 15) is 18.0 Å². The first kappa shape index (κ1) is 27.2. The first-order chi connectivity index (χ1) is 17.7. The van der Waals surface area contributed by atoms with E-state index < -0.39 is 22.0 Å². The summed E-state index contributed by atoms with van der Waals surface area (Å²) in [6.07, 6.45) is 3.31. The van der Waals surface area contributed by atoms with Gasteiger partial charge in [-0.2, -0.15) is 4.72 Å². The molecular weight excluding hydrogens is 534 g/mol. The van der Waals surface area contributed by atoms with Crippen LogP contribution < -0.4 is 10.0 Å². The van der Waals surface area contributed by atoms with Gasteiger partial charge in [0.05, 0.1) is 14.1 Å². The zero-order chi connectivity index (χ0) is 26.6. The molecule has 1 atom stereocenters. The number of rotatable bonds is 8. The molecule has 2 N–H and O–H groups in total. The van der Waals surface area contributed by atoms with Crippen molar-refractivity contribution in [3.05, 3.63) is 69.6 Å². The average molecular weight is 562 g/mol. The number of benzene rings is 1. The molecule has 0 radical (unpaired) electrons. The number of hydrogen-bond acceptors (Lipinski definition) is 7. The van der Waals surface area contributed by atoms with Crippen LogP contribution in [-0.2, 0) is 14.8 Å². The fraction of sp³-hybridized carbons (Fsp3) is 0.320. The van der Waals surface area contributed by atoms with Crippen molar-refractivity contribution in [2.75, 3.05) is 39.8 Å². The highest BCUT2D eigenvalue weighted by atomic mass is 35.5. The Morgan fingerprint density at radius 2 is 1.86 bits per heavy atom. The van der Waals surface area contributed by atoms with E-state index in [0.717, 1.165) is 22.5 Å². The summed E-state index contributed by atoms with van der Waals surface area (Å²) in [4.78, 5) is 34.3. The second-order valence-corrected chi connectivity index (χ2v) is 12.2. The van der Waals surface area contributed by atoms with Gasteiger partial charge in [0.2, 0.25) is 15.9 Å². The third-order valence-electron chi connectivity index (χ3n) is 6.22. The van der Waals surface area contributed by atoms with Crippen molar-refractivity contribution in [3.8, 4) is 11.1 Å². The number of aromatic nitrogens is 1. The molecule has 0 bridgehead atoms. The van der Waals surface area contributed by atoms with Crippen LogP contribution in [0, 0.1) is 6.92 Å². The second-order valence-electron chi connectivity index (χ2n) is 8.79. The molecule has 0 spiro atoms. The van der Waals surface area contributed by atoms with Crippen LogP contribution in [-0.4, -0.2) is 80.8 Å². The molecule has 3 heterocycles. The average Bonchev–Trinajstić information content (AvgIpc) is 3.33. The minimum absolute atomic E-state index is 0.0568. The zero-order valence-electron chi connectivity index (χ0n) is 20.5. The minimum Gasteiger partial charge on any atom is -0.349 e. The topological polar surface area (TPSA) is 112 Å². The predicted octanol–water partition coefficient (Wildman–Crippen LogP) is 2.62. The molecule has 3 aromatic rings. The van der Waals surface area contributed by atoms with Gasteiger partial charge >= 0.3 is 0 Å². The summed E-state index contributed by atoms with van der Waals surface area (Å²) < 4.78 is 30.2. The van der Waals surface area contributed by atoms with Crippen LogP contribution in [0.4, 0.5) is 0 Å². The second kappa shape index (κ2) is 11.7. The maximum atomic E-state index is 13.6. The maximum absolute atomic E-state index is 13.6. The Balaban J connectivity index is 1.59. The number of likely N-dealkylation sites (N-methyl/N-ethyl adjacent to an activating group) is 1. The number of piperazine rings is 1. The summed E-state index contributed by atoms with van der Waals surface area (Å²) in [5, 5.41) is 2.69. The molecular formula is C25H28ClN5O4S2. The summed E-state index contributed by atoms with van der Waals surface area (Å²) in [6.45, 7) is 3.81. The quantitative estimate of drug-likeness (QED) is 0.437. The van der Waals surface area contributed by atoms with Crippen LogP contribution in [0.5, 0.6) is 0 Å². The van der Waals surface area contributed by atoms with Crippen LogP contribution in [0.1, 0.15) is 15.2 Å². The van der Waals surface area contributed by atoms with Crippen molar-refractivity contribution in [2.45, 2.75) is 17.9 Å². The fourth-order valence-electron chi connectivity index (χ4n) is 4.14. The number of pyridine rings is 1. The van der Waals surface area contributed by atoms with Crippen LogP contribution in [0.25, 0.3) is 11.1 Å². The predicted molar refractivity (Wildman–Crippen MR) is 144 cm³/mol. The molecule has 0 aliphatic carbocycles. The van der Waals surface area contributed by atoms with E-state index in [0.29, 0.717) is 41.0 Å². The number of nitrogens with one attached hydrogen (secondary N) is 2. The van der Waals surface area contributed by atoms with Crippen molar-refractivity contribution >= 4 is 44.8 Å². The van der Waals surface area contributed by atoms with E-state index >= 15 is 0 Å². The Labute approximate surface area is 225 Å². The zero-order valence-corrected chi connectivity index (χ0v) is 22.9. The number of carbonyl (C=O) groups excluding carboxylic acids is 2. The number of sulfonamides is 1. The summed E-state index contributed by atoms with van der Waals surface area (Å²) in [6, 6.07) is 10.6. The van der Waals surface area contributed by atoms with Gasteiger partial charge in [0.25, 0.3) is 5.91 Å². The molecule has 0 unspecified atom stereocenters. The lowest BCUT2D eigenvalue weighted by Crippen LogP contribution is -2.57. The van der Waals surface area contributed by atoms with Gasteiger partial charge in [0, 0.05) is 50.7 Å². The molecule has 1 aliphatic heterocycles. The molecule has 37 heavy (non-hydrogen) atoms. The Bertz CT molecular complexity index is 1370. The van der Waals surface area contributed by atoms with Crippen LogP contribution in [0.2, 0.25) is 4.34 Å². The van der Waals surface area contributed by atoms with E-state index in [2.05, 4.69) is 19.9 Å². The first-order valence-corrected chi connectivity index (χ1v) is 14.4. The van der Waals surface area contributed by atoms with E-state index in [4.69, 9.17) is 11.6 Å². The van der Waals surface area contributed by atoms with Gasteiger partial charge in [-0.15, -0.1) is 11.3 Å². The Kier molecular flexibility index (Phi) is 8.60. The third-order valence-corrected chi connectivity index (χ3v) is 9.07. The smallest absolute Gasteiger partial charge is 0.261 e. The van der Waals surface area contributed by atoms with Crippen LogP contribution >= 0.6 is 22.9 Å². The van der Waals surface area contributed by atoms with E-state index in [1.807, 2.05) is 19.2 Å². The van der Waals surface area contributed by atoms with Gasteiger partial charge in [-0.25, -0.2) is 8.42 Å². The summed E-state index contributed by atoms with van der Waals surface area (Å²) in [7, 11) is -2.16. The summed E-state index contributed by atoms with van der Waals surface area (Å²) >= 11 is 7.04. The molecule has 1 saturated heterocycles. The SMILES string of the molecule is Cc1c(-c2cccnc2)cccc1S(=O)(=O)N[C@@H](CNC(=O)c1ccc(Cl)s1)C(=O)N1CCN(C)CC1. The number of thiophene rings is 1. The van der Waals surface area contributed by atoms with Crippen molar-refractivity contribution < 1.29 is 18.0 Å². The minimum atomic E-state index is -4.12. The van der Waals surface area contributed by atoms with Crippen molar-refractivity contribution in [1.82, 2.24) is 24.8 Å². The van der Waals surface area contributed by atoms with Crippen LogP contribution in [0.15, 0.2) is 59.8 Å². The molecule has 9 nitrogen and oxygen atoms in total. The monoisotopic (exact) mass is 561 g/mol. The lowest BCUT2D eigenvalue weighted by molar-refractivity contribution is -0.134. The van der Waals surface area contributed by atoms with Crippen molar-refractivity contribution in [1.29, 1.82) is 0 Å². The molecule has 1 aliphatic rings. The Morgan fingerprint density at radius 1 is 1.11 bits per heavy atom. The number of amides is 2. The lowest BCUT2D eigenvalue weighted by atomic mass is 10.0. The number of carbonyl (C=O) groups is 2.